The zero-order valence-electron chi connectivity index (χ0n) is 16.4. The molecule has 0 radical (unpaired) electrons. The van der Waals surface area contributed by atoms with Crippen molar-refractivity contribution in [2.75, 3.05) is 11.9 Å². The Morgan fingerprint density at radius 2 is 1.43 bits per heavy atom. The largest absolute Gasteiger partial charge is 0.326 e. The van der Waals surface area contributed by atoms with E-state index in [0.29, 0.717) is 24.2 Å². The van der Waals surface area contributed by atoms with Crippen molar-refractivity contribution in [1.29, 1.82) is 0 Å². The molecule has 2 aliphatic rings. The van der Waals surface area contributed by atoms with Gasteiger partial charge in [-0.1, -0.05) is 30.4 Å². The molecule has 1 N–H and O–H groups in total. The molecule has 2 aromatic carbocycles. The van der Waals surface area contributed by atoms with Crippen LogP contribution in [0.25, 0.3) is 0 Å². The fourth-order valence-electron chi connectivity index (χ4n) is 3.75. The lowest BCUT2D eigenvalue weighted by molar-refractivity contribution is -0.140. The zero-order chi connectivity index (χ0) is 20.9. The van der Waals surface area contributed by atoms with Crippen molar-refractivity contribution >= 4 is 34.8 Å². The Hall–Kier alpha value is -3.61. The zero-order valence-corrected chi connectivity index (χ0v) is 16.4. The minimum atomic E-state index is -0.261. The normalized spacial score (nSPS) is 20.6. The first-order valence-corrected chi connectivity index (χ1v) is 9.99. The van der Waals surface area contributed by atoms with Crippen LogP contribution in [0, 0.1) is 11.8 Å². The average molecular weight is 402 g/mol. The van der Waals surface area contributed by atoms with Crippen molar-refractivity contribution < 1.29 is 14.4 Å². The van der Waals surface area contributed by atoms with E-state index >= 15 is 0 Å². The Labute approximate surface area is 174 Å². The molecule has 0 spiro atoms. The number of carbonyl (C=O) groups excluding carboxylic acids is 3. The van der Waals surface area contributed by atoms with Gasteiger partial charge in [-0.05, 0) is 49.2 Å². The molecular weight excluding hydrogens is 380 g/mol. The highest BCUT2D eigenvalue weighted by molar-refractivity contribution is 6.05. The minimum Gasteiger partial charge on any atom is -0.326 e. The highest BCUT2D eigenvalue weighted by atomic mass is 16.2. The fourth-order valence-corrected chi connectivity index (χ4v) is 3.75. The molecule has 0 bridgehead atoms. The number of hydrogen-bond acceptors (Lipinski definition) is 5. The first-order valence-electron chi connectivity index (χ1n) is 9.99. The average Bonchev–Trinajstić information content (AvgIpc) is 3.02. The van der Waals surface area contributed by atoms with E-state index in [1.165, 1.54) is 4.90 Å². The number of carbonyl (C=O) groups is 3. The second kappa shape index (κ2) is 8.82. The SMILES string of the molecule is O=C(CCN1C(=O)[C@H]2CC=CC[C@@H]2C1=O)Nc1ccc(N=Nc2ccccc2)cc1. The Morgan fingerprint density at radius 3 is 2.03 bits per heavy atom. The molecule has 7 heteroatoms. The highest BCUT2D eigenvalue weighted by Gasteiger charge is 2.46. The number of benzene rings is 2. The summed E-state index contributed by atoms with van der Waals surface area (Å²) in [6.45, 7) is 0.111. The van der Waals surface area contributed by atoms with Crippen LogP contribution in [-0.4, -0.2) is 29.2 Å². The molecule has 3 amide bonds. The van der Waals surface area contributed by atoms with Gasteiger partial charge in [-0.15, -0.1) is 0 Å². The first kappa shape index (κ1) is 19.7. The molecule has 2 atom stereocenters. The number of nitrogens with zero attached hydrogens (tertiary/aromatic N) is 3. The molecule has 1 saturated heterocycles. The van der Waals surface area contributed by atoms with E-state index in [4.69, 9.17) is 0 Å². The van der Waals surface area contributed by atoms with Gasteiger partial charge in [-0.25, -0.2) is 0 Å². The van der Waals surface area contributed by atoms with E-state index in [2.05, 4.69) is 15.5 Å². The van der Waals surface area contributed by atoms with Crippen LogP contribution in [0.15, 0.2) is 77.0 Å². The summed E-state index contributed by atoms with van der Waals surface area (Å²) in [5, 5.41) is 11.1. The topological polar surface area (TPSA) is 91.2 Å². The number of azo groups is 1. The molecule has 0 unspecified atom stereocenters. The van der Waals surface area contributed by atoms with Crippen molar-refractivity contribution in [3.05, 3.63) is 66.7 Å². The minimum absolute atomic E-state index is 0.0693. The molecule has 1 aliphatic heterocycles. The Morgan fingerprint density at radius 1 is 0.867 bits per heavy atom. The number of anilines is 1. The van der Waals surface area contributed by atoms with Crippen LogP contribution in [0.3, 0.4) is 0 Å². The molecule has 0 aromatic heterocycles. The van der Waals surface area contributed by atoms with Crippen molar-refractivity contribution in [2.45, 2.75) is 19.3 Å². The lowest BCUT2D eigenvalue weighted by atomic mass is 9.85. The van der Waals surface area contributed by atoms with Gasteiger partial charge < -0.3 is 5.32 Å². The van der Waals surface area contributed by atoms with Crippen molar-refractivity contribution in [3.8, 4) is 0 Å². The highest BCUT2D eigenvalue weighted by Crippen LogP contribution is 2.35. The molecule has 2 aromatic rings. The van der Waals surface area contributed by atoms with Crippen LogP contribution >= 0.6 is 0 Å². The summed E-state index contributed by atoms with van der Waals surface area (Å²) < 4.78 is 0. The second-order valence-electron chi connectivity index (χ2n) is 7.36. The summed E-state index contributed by atoms with van der Waals surface area (Å²) in [6.07, 6.45) is 5.18. The van der Waals surface area contributed by atoms with Gasteiger partial charge in [0, 0.05) is 18.7 Å². The predicted molar refractivity (Wildman–Crippen MR) is 112 cm³/mol. The summed E-state index contributed by atoms with van der Waals surface area (Å²) in [6, 6.07) is 16.4. The quantitative estimate of drug-likeness (QED) is 0.441. The van der Waals surface area contributed by atoms with Crippen LogP contribution in [0.5, 0.6) is 0 Å². The van der Waals surface area contributed by atoms with E-state index in [1.807, 2.05) is 42.5 Å². The lowest BCUT2D eigenvalue weighted by Crippen LogP contribution is -2.34. The number of allylic oxidation sites excluding steroid dienone is 2. The van der Waals surface area contributed by atoms with E-state index in [1.54, 1.807) is 24.3 Å². The summed E-state index contributed by atoms with van der Waals surface area (Å²) >= 11 is 0. The number of fused-ring (bicyclic) bond motifs is 1. The maximum Gasteiger partial charge on any atom is 0.233 e. The van der Waals surface area contributed by atoms with Crippen LogP contribution in [0.2, 0.25) is 0 Å². The molecule has 1 aliphatic carbocycles. The Balaban J connectivity index is 1.29. The summed E-state index contributed by atoms with van der Waals surface area (Å²) in [4.78, 5) is 38.4. The summed E-state index contributed by atoms with van der Waals surface area (Å²) in [7, 11) is 0. The number of hydrogen-bond donors (Lipinski definition) is 1. The number of amides is 3. The van der Waals surface area contributed by atoms with Crippen LogP contribution < -0.4 is 5.32 Å². The number of rotatable bonds is 6. The third-order valence-corrected chi connectivity index (χ3v) is 5.35. The van der Waals surface area contributed by atoms with Crippen LogP contribution in [-0.2, 0) is 14.4 Å². The van der Waals surface area contributed by atoms with Gasteiger partial charge in [-0.2, -0.15) is 10.2 Å². The summed E-state index contributed by atoms with van der Waals surface area (Å²) in [5.74, 6) is -1.08. The number of imide groups is 1. The van der Waals surface area contributed by atoms with Crippen LogP contribution in [0.1, 0.15) is 19.3 Å². The maximum atomic E-state index is 12.4. The molecule has 1 heterocycles. The fraction of sp³-hybridized carbons (Fsp3) is 0.261. The maximum absolute atomic E-state index is 12.4. The molecule has 0 saturated carbocycles. The standard InChI is InChI=1S/C23H22N4O3/c28-21(14-15-27-22(29)19-8-4-5-9-20(19)23(27)30)24-16-10-12-18(13-11-16)26-25-17-6-2-1-3-7-17/h1-7,10-13,19-20H,8-9,14-15H2,(H,24,28)/t19-,20-/m0/s1. The monoisotopic (exact) mass is 402 g/mol. The van der Waals surface area contributed by atoms with Gasteiger partial charge in [0.1, 0.15) is 0 Å². The van der Waals surface area contributed by atoms with E-state index < -0.39 is 0 Å². The van der Waals surface area contributed by atoms with Gasteiger partial charge in [0.2, 0.25) is 17.7 Å². The van der Waals surface area contributed by atoms with Gasteiger partial charge in [0.25, 0.3) is 0 Å². The third kappa shape index (κ3) is 4.35. The third-order valence-electron chi connectivity index (χ3n) is 5.35. The Bertz CT molecular complexity index is 973. The smallest absolute Gasteiger partial charge is 0.233 e. The van der Waals surface area contributed by atoms with E-state index in [0.717, 1.165) is 5.69 Å². The van der Waals surface area contributed by atoms with Gasteiger partial charge in [-0.3, -0.25) is 19.3 Å². The molecule has 4 rings (SSSR count). The molecular formula is C23H22N4O3. The first-order chi connectivity index (χ1) is 14.6. The Kier molecular flexibility index (Phi) is 5.79. The number of likely N-dealkylation sites (tertiary alicyclic amines) is 1. The van der Waals surface area contributed by atoms with Crippen molar-refractivity contribution in [2.24, 2.45) is 22.1 Å². The molecule has 7 nitrogen and oxygen atoms in total. The van der Waals surface area contributed by atoms with E-state index in [9.17, 15) is 14.4 Å². The van der Waals surface area contributed by atoms with Crippen LogP contribution in [0.4, 0.5) is 17.1 Å². The lowest BCUT2D eigenvalue weighted by Gasteiger charge is -2.14. The number of nitrogens with one attached hydrogen (secondary N) is 1. The van der Waals surface area contributed by atoms with Gasteiger partial charge >= 0.3 is 0 Å². The molecule has 152 valence electrons. The van der Waals surface area contributed by atoms with Gasteiger partial charge in [0.05, 0.1) is 23.2 Å². The van der Waals surface area contributed by atoms with E-state index in [-0.39, 0.29) is 42.5 Å². The van der Waals surface area contributed by atoms with Crippen molar-refractivity contribution in [1.82, 2.24) is 4.90 Å². The van der Waals surface area contributed by atoms with Crippen molar-refractivity contribution in [3.63, 3.8) is 0 Å². The molecule has 1 fully saturated rings. The van der Waals surface area contributed by atoms with Gasteiger partial charge in [0.15, 0.2) is 0 Å². The molecule has 30 heavy (non-hydrogen) atoms. The summed E-state index contributed by atoms with van der Waals surface area (Å²) in [5.41, 5.74) is 2.05. The predicted octanol–water partition coefficient (Wildman–Crippen LogP) is 4.38. The second-order valence-corrected chi connectivity index (χ2v) is 7.36.